The third-order valence-corrected chi connectivity index (χ3v) is 2.19. The van der Waals surface area contributed by atoms with Crippen molar-refractivity contribution in [1.82, 2.24) is 20.2 Å². The van der Waals surface area contributed by atoms with E-state index in [1.54, 1.807) is 6.07 Å². The number of anilines is 2. The molecule has 2 heterocycles. The first-order valence-electron chi connectivity index (χ1n) is 5.00. The van der Waals surface area contributed by atoms with Crippen molar-refractivity contribution >= 4 is 17.5 Å². The van der Waals surface area contributed by atoms with Crippen LogP contribution in [-0.2, 0) is 0 Å². The first kappa shape index (κ1) is 11.1. The first-order chi connectivity index (χ1) is 8.06. The molecule has 4 N–H and O–H groups in total. The smallest absolute Gasteiger partial charge is 0.293 e. The van der Waals surface area contributed by atoms with Gasteiger partial charge >= 0.3 is 0 Å². The summed E-state index contributed by atoms with van der Waals surface area (Å²) in [4.78, 5) is 19.7. The zero-order chi connectivity index (χ0) is 12.4. The molecule has 0 unspecified atom stereocenters. The third kappa shape index (κ3) is 2.39. The van der Waals surface area contributed by atoms with E-state index in [1.165, 1.54) is 0 Å². The van der Waals surface area contributed by atoms with Gasteiger partial charge in [-0.15, -0.1) is 5.10 Å². The molecule has 7 heteroatoms. The van der Waals surface area contributed by atoms with Crippen LogP contribution in [0.5, 0.6) is 0 Å². The normalized spacial score (nSPS) is 10.2. The topological polar surface area (TPSA) is 110 Å². The second kappa shape index (κ2) is 4.20. The Morgan fingerprint density at radius 3 is 2.71 bits per heavy atom. The molecule has 88 valence electrons. The molecular weight excluding hydrogens is 220 g/mol. The van der Waals surface area contributed by atoms with Crippen LogP contribution in [0.25, 0.3) is 0 Å². The largest absolute Gasteiger partial charge is 0.366 e. The fourth-order valence-corrected chi connectivity index (χ4v) is 1.38. The van der Waals surface area contributed by atoms with Gasteiger partial charge in [-0.3, -0.25) is 14.9 Å². The Bertz CT molecular complexity index is 562. The van der Waals surface area contributed by atoms with Gasteiger partial charge in [0.25, 0.3) is 5.91 Å². The lowest BCUT2D eigenvalue weighted by Gasteiger charge is -2.06. The molecule has 0 fully saturated rings. The number of nitrogen functional groups attached to an aromatic ring is 1. The van der Waals surface area contributed by atoms with Crippen LogP contribution in [0.1, 0.15) is 22.0 Å². The fourth-order valence-electron chi connectivity index (χ4n) is 1.38. The van der Waals surface area contributed by atoms with E-state index in [2.05, 4.69) is 25.5 Å². The van der Waals surface area contributed by atoms with Gasteiger partial charge in [0.15, 0.2) is 0 Å². The second-order valence-corrected chi connectivity index (χ2v) is 3.58. The molecule has 0 aliphatic rings. The molecule has 17 heavy (non-hydrogen) atoms. The van der Waals surface area contributed by atoms with Crippen molar-refractivity contribution in [3.63, 3.8) is 0 Å². The summed E-state index contributed by atoms with van der Waals surface area (Å²) in [6.07, 6.45) is 0. The Hall–Kier alpha value is -2.44. The number of aryl methyl sites for hydroxylation is 2. The van der Waals surface area contributed by atoms with Crippen LogP contribution in [-0.4, -0.2) is 26.1 Å². The number of amides is 1. The predicted molar refractivity (Wildman–Crippen MR) is 62.5 cm³/mol. The van der Waals surface area contributed by atoms with Crippen LogP contribution in [0.4, 0.5) is 11.6 Å². The van der Waals surface area contributed by atoms with Crippen LogP contribution in [0.2, 0.25) is 0 Å². The molecule has 0 radical (unpaired) electrons. The minimum Gasteiger partial charge on any atom is -0.366 e. The number of carbonyl (C=O) groups excluding carboxylic acids is 1. The summed E-state index contributed by atoms with van der Waals surface area (Å²) in [5.41, 5.74) is 7.58. The number of H-pyrrole nitrogens is 1. The van der Waals surface area contributed by atoms with Crippen LogP contribution in [0.3, 0.4) is 0 Å². The summed E-state index contributed by atoms with van der Waals surface area (Å²) in [6, 6.07) is 3.60. The fraction of sp³-hybridized carbons (Fsp3) is 0.200. The highest BCUT2D eigenvalue weighted by atomic mass is 16.2. The monoisotopic (exact) mass is 232 g/mol. The number of nitrogens with zero attached hydrogens (tertiary/aromatic N) is 3. The Morgan fingerprint density at radius 2 is 2.12 bits per heavy atom. The molecule has 7 nitrogen and oxygen atoms in total. The summed E-state index contributed by atoms with van der Waals surface area (Å²) in [6.45, 7) is 3.70. The van der Waals surface area contributed by atoms with Crippen LogP contribution in [0.15, 0.2) is 12.1 Å². The molecule has 0 atom stereocenters. The number of hydrogen-bond donors (Lipinski definition) is 3. The lowest BCUT2D eigenvalue weighted by Crippen LogP contribution is -2.15. The van der Waals surface area contributed by atoms with E-state index < -0.39 is 5.91 Å². The molecule has 1 amide bonds. The summed E-state index contributed by atoms with van der Waals surface area (Å²) in [7, 11) is 0. The summed E-state index contributed by atoms with van der Waals surface area (Å²) in [5, 5.41) is 8.70. The van der Waals surface area contributed by atoms with Crippen molar-refractivity contribution in [2.75, 3.05) is 11.1 Å². The summed E-state index contributed by atoms with van der Waals surface area (Å²) in [5.74, 6) is -0.292. The quantitative estimate of drug-likeness (QED) is 0.704. The van der Waals surface area contributed by atoms with E-state index >= 15 is 0 Å². The van der Waals surface area contributed by atoms with Crippen molar-refractivity contribution < 1.29 is 4.79 Å². The number of rotatable bonds is 2. The lowest BCUT2D eigenvalue weighted by atomic mass is 10.2. The lowest BCUT2D eigenvalue weighted by molar-refractivity contribution is 0.101. The third-order valence-electron chi connectivity index (χ3n) is 2.19. The van der Waals surface area contributed by atoms with Gasteiger partial charge in [-0.2, -0.15) is 4.98 Å². The summed E-state index contributed by atoms with van der Waals surface area (Å²) < 4.78 is 0. The molecule has 0 bridgehead atoms. The minimum absolute atomic E-state index is 0.0360. The average molecular weight is 232 g/mol. The highest BCUT2D eigenvalue weighted by Gasteiger charge is 2.12. The van der Waals surface area contributed by atoms with Gasteiger partial charge in [0, 0.05) is 5.69 Å². The first-order valence-corrected chi connectivity index (χ1v) is 5.00. The van der Waals surface area contributed by atoms with Crippen molar-refractivity contribution in [2.45, 2.75) is 13.8 Å². The Balaban J connectivity index is 2.18. The van der Waals surface area contributed by atoms with Crippen molar-refractivity contribution in [2.24, 2.45) is 0 Å². The highest BCUT2D eigenvalue weighted by molar-refractivity contribution is 6.01. The van der Waals surface area contributed by atoms with Gasteiger partial charge in [-0.1, -0.05) is 0 Å². The van der Waals surface area contributed by atoms with Gasteiger partial charge in [0.2, 0.25) is 11.8 Å². The van der Waals surface area contributed by atoms with E-state index in [0.717, 1.165) is 11.4 Å². The number of hydrogen-bond acceptors (Lipinski definition) is 5. The number of nitrogens with one attached hydrogen (secondary N) is 2. The molecule has 2 aromatic rings. The highest BCUT2D eigenvalue weighted by Crippen LogP contribution is 2.13. The zero-order valence-electron chi connectivity index (χ0n) is 9.48. The molecule has 0 saturated carbocycles. The van der Waals surface area contributed by atoms with E-state index in [-0.39, 0.29) is 11.8 Å². The average Bonchev–Trinajstić information content (AvgIpc) is 2.69. The van der Waals surface area contributed by atoms with E-state index in [9.17, 15) is 4.79 Å². The molecule has 0 aromatic carbocycles. The Kier molecular flexibility index (Phi) is 2.73. The zero-order valence-corrected chi connectivity index (χ0v) is 9.48. The van der Waals surface area contributed by atoms with Crippen molar-refractivity contribution in [1.29, 1.82) is 0 Å². The summed E-state index contributed by atoms with van der Waals surface area (Å²) >= 11 is 0. The van der Waals surface area contributed by atoms with Crippen LogP contribution in [0, 0.1) is 13.8 Å². The minimum atomic E-state index is -0.400. The maximum absolute atomic E-state index is 11.7. The number of nitrogens with two attached hydrogens (primary N) is 1. The maximum Gasteiger partial charge on any atom is 0.293 e. The molecule has 0 saturated heterocycles. The maximum atomic E-state index is 11.7. The molecule has 0 aliphatic carbocycles. The number of pyridine rings is 1. The van der Waals surface area contributed by atoms with Crippen LogP contribution < -0.4 is 11.1 Å². The van der Waals surface area contributed by atoms with E-state index in [4.69, 9.17) is 5.73 Å². The SMILES string of the molecule is Cc1ccc(NC(=O)c2nc(N)n[nH]2)c(C)n1. The Labute approximate surface area is 97.5 Å². The van der Waals surface area contributed by atoms with Crippen LogP contribution >= 0.6 is 0 Å². The van der Waals surface area contributed by atoms with Gasteiger partial charge < -0.3 is 11.1 Å². The van der Waals surface area contributed by atoms with Crippen molar-refractivity contribution in [3.8, 4) is 0 Å². The van der Waals surface area contributed by atoms with Gasteiger partial charge in [0.1, 0.15) is 0 Å². The predicted octanol–water partition coefficient (Wildman–Crippen LogP) is 0.651. The van der Waals surface area contributed by atoms with Gasteiger partial charge in [-0.05, 0) is 26.0 Å². The van der Waals surface area contributed by atoms with Gasteiger partial charge in [-0.25, -0.2) is 0 Å². The van der Waals surface area contributed by atoms with Gasteiger partial charge in [0.05, 0.1) is 11.4 Å². The molecule has 2 aromatic heterocycles. The standard InChI is InChI=1S/C10H12N6O/c1-5-3-4-7(6(2)12-5)13-9(17)8-14-10(11)16-15-8/h3-4H,1-2H3,(H,13,17)(H3,11,14,15,16). The number of aromatic amines is 1. The van der Waals surface area contributed by atoms with E-state index in [0.29, 0.717) is 5.69 Å². The molecule has 2 rings (SSSR count). The number of aromatic nitrogens is 4. The molecular formula is C10H12N6O. The second-order valence-electron chi connectivity index (χ2n) is 3.58. The number of carbonyl (C=O) groups is 1. The van der Waals surface area contributed by atoms with E-state index in [1.807, 2.05) is 19.9 Å². The molecule has 0 aliphatic heterocycles. The molecule has 0 spiro atoms. The van der Waals surface area contributed by atoms with Crippen molar-refractivity contribution in [3.05, 3.63) is 29.3 Å². The Morgan fingerprint density at radius 1 is 1.35 bits per heavy atom.